The van der Waals surface area contributed by atoms with Crippen molar-refractivity contribution >= 4 is 26.8 Å². The molecule has 1 aromatic carbocycles. The second-order valence-electron chi connectivity index (χ2n) is 6.76. The number of fused-ring (bicyclic) bond motifs is 1. The van der Waals surface area contributed by atoms with Crippen molar-refractivity contribution in [3.05, 3.63) is 40.8 Å². The number of aromatic nitrogens is 2. The van der Waals surface area contributed by atoms with E-state index in [0.29, 0.717) is 17.5 Å². The highest BCUT2D eigenvalue weighted by Gasteiger charge is 2.42. The topological polar surface area (TPSA) is 89.3 Å². The maximum Gasteiger partial charge on any atom is 0.269 e. The number of carbonyl (C=O) groups is 1. The first-order valence-electron chi connectivity index (χ1n) is 8.41. The van der Waals surface area contributed by atoms with Gasteiger partial charge in [0.05, 0.1) is 28.7 Å². The van der Waals surface area contributed by atoms with Gasteiger partial charge in [-0.25, -0.2) is 13.4 Å². The molecule has 1 aliphatic carbocycles. The highest BCUT2D eigenvalue weighted by Crippen LogP contribution is 2.32. The summed E-state index contributed by atoms with van der Waals surface area (Å²) in [6.45, 7) is -0.0884. The molecule has 0 spiro atoms. The van der Waals surface area contributed by atoms with Gasteiger partial charge in [-0.05, 0) is 31.4 Å². The van der Waals surface area contributed by atoms with Crippen molar-refractivity contribution in [1.82, 2.24) is 14.5 Å². The number of hydrogen-bond donors (Lipinski definition) is 0. The van der Waals surface area contributed by atoms with Crippen LogP contribution in [0.4, 0.5) is 0 Å². The molecule has 2 heterocycles. The number of sulfone groups is 1. The molecule has 0 N–H and O–H groups in total. The molecule has 132 valence electrons. The number of amides is 1. The molecule has 8 heteroatoms. The van der Waals surface area contributed by atoms with Gasteiger partial charge in [-0.15, -0.1) is 0 Å². The molecule has 1 aliphatic heterocycles. The molecular weight excluding hydrogens is 342 g/mol. The third kappa shape index (κ3) is 3.18. The first-order chi connectivity index (χ1) is 11.9. The second kappa shape index (κ2) is 5.94. The largest absolute Gasteiger partial charge is 0.334 e. The van der Waals surface area contributed by atoms with Gasteiger partial charge >= 0.3 is 0 Å². The van der Waals surface area contributed by atoms with Crippen LogP contribution in [0.25, 0.3) is 11.0 Å². The molecule has 1 aromatic heterocycles. The summed E-state index contributed by atoms with van der Waals surface area (Å²) in [6.07, 6.45) is 3.50. The highest BCUT2D eigenvalue weighted by molar-refractivity contribution is 7.91. The van der Waals surface area contributed by atoms with Crippen molar-refractivity contribution in [2.45, 2.75) is 37.9 Å². The molecule has 2 aromatic rings. The molecule has 1 saturated carbocycles. The molecule has 7 nitrogen and oxygen atoms in total. The normalized spacial score (nSPS) is 22.2. The minimum atomic E-state index is -3.07. The molecule has 2 fully saturated rings. The van der Waals surface area contributed by atoms with Crippen molar-refractivity contribution in [2.24, 2.45) is 0 Å². The van der Waals surface area contributed by atoms with E-state index in [4.69, 9.17) is 0 Å². The fourth-order valence-electron chi connectivity index (χ4n) is 3.55. The van der Waals surface area contributed by atoms with E-state index in [1.807, 2.05) is 6.07 Å². The van der Waals surface area contributed by atoms with Gasteiger partial charge in [-0.2, -0.15) is 0 Å². The lowest BCUT2D eigenvalue weighted by Crippen LogP contribution is -2.45. The maximum absolute atomic E-state index is 12.9. The highest BCUT2D eigenvalue weighted by atomic mass is 32.2. The Labute approximate surface area is 145 Å². The van der Waals surface area contributed by atoms with Crippen molar-refractivity contribution in [1.29, 1.82) is 0 Å². The van der Waals surface area contributed by atoms with Crippen molar-refractivity contribution in [3.8, 4) is 0 Å². The summed E-state index contributed by atoms with van der Waals surface area (Å²) in [5, 5.41) is 0. The van der Waals surface area contributed by atoms with E-state index in [1.54, 1.807) is 23.1 Å². The van der Waals surface area contributed by atoms with Crippen molar-refractivity contribution < 1.29 is 13.2 Å². The van der Waals surface area contributed by atoms with Crippen LogP contribution < -0.4 is 5.56 Å². The van der Waals surface area contributed by atoms with Crippen LogP contribution in [0.5, 0.6) is 0 Å². The van der Waals surface area contributed by atoms with E-state index >= 15 is 0 Å². The Bertz CT molecular complexity index is 994. The van der Waals surface area contributed by atoms with Crippen LogP contribution in [0.2, 0.25) is 0 Å². The molecule has 1 saturated heterocycles. The summed E-state index contributed by atoms with van der Waals surface area (Å²) in [5.41, 5.74) is 0.927. The minimum Gasteiger partial charge on any atom is -0.334 e. The average molecular weight is 361 g/mol. The molecular formula is C17H19N3O4S. The lowest BCUT2D eigenvalue weighted by molar-refractivity contribution is -0.134. The fourth-order valence-corrected chi connectivity index (χ4v) is 5.26. The standard InChI is InChI=1S/C17H19N3O4S/c21-16-9-18-14-3-1-2-4-15(14)19(16)10-17(22)20(12-5-6-12)13-7-8-25(23,24)11-13/h1-4,9,12-13H,5-8,10-11H2. The van der Waals surface area contributed by atoms with Gasteiger partial charge in [0.2, 0.25) is 5.91 Å². The van der Waals surface area contributed by atoms with E-state index in [0.717, 1.165) is 12.8 Å². The van der Waals surface area contributed by atoms with E-state index in [1.165, 1.54) is 10.8 Å². The van der Waals surface area contributed by atoms with Crippen molar-refractivity contribution in [2.75, 3.05) is 11.5 Å². The third-order valence-electron chi connectivity index (χ3n) is 4.88. The first kappa shape index (κ1) is 16.3. The smallest absolute Gasteiger partial charge is 0.269 e. The Balaban J connectivity index is 1.65. The van der Waals surface area contributed by atoms with Gasteiger partial charge in [-0.3, -0.25) is 14.2 Å². The third-order valence-corrected chi connectivity index (χ3v) is 6.63. The van der Waals surface area contributed by atoms with E-state index < -0.39 is 9.84 Å². The number of rotatable bonds is 4. The van der Waals surface area contributed by atoms with Crippen LogP contribution in [0.15, 0.2) is 35.3 Å². The van der Waals surface area contributed by atoms with E-state index in [2.05, 4.69) is 4.98 Å². The van der Waals surface area contributed by atoms with Gasteiger partial charge in [0.15, 0.2) is 9.84 Å². The van der Waals surface area contributed by atoms with Gasteiger partial charge in [-0.1, -0.05) is 12.1 Å². The van der Waals surface area contributed by atoms with Gasteiger partial charge in [0.1, 0.15) is 6.54 Å². The first-order valence-corrected chi connectivity index (χ1v) is 10.2. The number of hydrogen-bond acceptors (Lipinski definition) is 5. The molecule has 25 heavy (non-hydrogen) atoms. The second-order valence-corrected chi connectivity index (χ2v) is 8.99. The number of nitrogens with zero attached hydrogens (tertiary/aromatic N) is 3. The molecule has 1 atom stereocenters. The van der Waals surface area contributed by atoms with Crippen LogP contribution in [-0.4, -0.2) is 52.4 Å². The Kier molecular flexibility index (Phi) is 3.87. The summed E-state index contributed by atoms with van der Waals surface area (Å²) in [7, 11) is -3.07. The summed E-state index contributed by atoms with van der Waals surface area (Å²) in [5.74, 6) is -0.0314. The SMILES string of the molecule is O=C(Cn1c(=O)cnc2ccccc21)N(C1CC1)C1CCS(=O)(=O)C1. The summed E-state index contributed by atoms with van der Waals surface area (Å²) >= 11 is 0. The summed E-state index contributed by atoms with van der Waals surface area (Å²) in [6, 6.07) is 7.01. The van der Waals surface area contributed by atoms with Crippen LogP contribution in [0.3, 0.4) is 0 Å². The molecule has 0 bridgehead atoms. The Hall–Kier alpha value is -2.22. The Morgan fingerprint density at radius 3 is 2.64 bits per heavy atom. The minimum absolute atomic E-state index is 0.0290. The predicted molar refractivity (Wildman–Crippen MR) is 92.9 cm³/mol. The molecule has 0 radical (unpaired) electrons. The van der Waals surface area contributed by atoms with E-state index in [-0.39, 0.29) is 41.6 Å². The lowest BCUT2D eigenvalue weighted by Gasteiger charge is -2.28. The monoisotopic (exact) mass is 361 g/mol. The quantitative estimate of drug-likeness (QED) is 0.794. The zero-order valence-corrected chi connectivity index (χ0v) is 14.5. The molecule has 2 aliphatic rings. The van der Waals surface area contributed by atoms with Gasteiger partial charge in [0, 0.05) is 12.1 Å². The Morgan fingerprint density at radius 1 is 1.20 bits per heavy atom. The van der Waals surface area contributed by atoms with Crippen LogP contribution in [0, 0.1) is 0 Å². The number of para-hydroxylation sites is 2. The van der Waals surface area contributed by atoms with Crippen LogP contribution in [-0.2, 0) is 21.2 Å². The molecule has 4 rings (SSSR count). The van der Waals surface area contributed by atoms with Crippen LogP contribution in [0.1, 0.15) is 19.3 Å². The number of benzene rings is 1. The summed E-state index contributed by atoms with van der Waals surface area (Å²) in [4.78, 5) is 31.0. The van der Waals surface area contributed by atoms with Gasteiger partial charge in [0.25, 0.3) is 5.56 Å². The van der Waals surface area contributed by atoms with E-state index in [9.17, 15) is 18.0 Å². The zero-order valence-electron chi connectivity index (χ0n) is 13.7. The average Bonchev–Trinajstić information content (AvgIpc) is 3.34. The zero-order chi connectivity index (χ0) is 17.6. The predicted octanol–water partition coefficient (Wildman–Crippen LogP) is 0.575. The van der Waals surface area contributed by atoms with Crippen molar-refractivity contribution in [3.63, 3.8) is 0 Å². The van der Waals surface area contributed by atoms with Gasteiger partial charge < -0.3 is 4.90 Å². The van der Waals surface area contributed by atoms with Crippen LogP contribution >= 0.6 is 0 Å². The molecule has 1 amide bonds. The summed E-state index contributed by atoms with van der Waals surface area (Å²) < 4.78 is 25.0. The fraction of sp³-hybridized carbons (Fsp3) is 0.471. The lowest BCUT2D eigenvalue weighted by atomic mass is 10.2. The Morgan fingerprint density at radius 2 is 1.96 bits per heavy atom. The number of carbonyl (C=O) groups excluding carboxylic acids is 1. The molecule has 1 unspecified atom stereocenters. The maximum atomic E-state index is 12.9.